The van der Waals surface area contributed by atoms with Gasteiger partial charge >= 0.3 is 0 Å². The van der Waals surface area contributed by atoms with Crippen molar-refractivity contribution in [1.82, 2.24) is 4.90 Å². The molecule has 0 aromatic heterocycles. The summed E-state index contributed by atoms with van der Waals surface area (Å²) in [7, 11) is 0. The van der Waals surface area contributed by atoms with Gasteiger partial charge in [0.1, 0.15) is 5.60 Å². The zero-order valence-electron chi connectivity index (χ0n) is 11.6. The van der Waals surface area contributed by atoms with Crippen molar-refractivity contribution in [1.29, 1.82) is 0 Å². The highest BCUT2D eigenvalue weighted by atomic mass is 32.2. The summed E-state index contributed by atoms with van der Waals surface area (Å²) in [5.74, 6) is 2.13. The highest BCUT2D eigenvalue weighted by molar-refractivity contribution is 7.99. The van der Waals surface area contributed by atoms with Gasteiger partial charge in [-0.05, 0) is 36.5 Å². The van der Waals surface area contributed by atoms with E-state index in [4.69, 9.17) is 0 Å². The van der Waals surface area contributed by atoms with Gasteiger partial charge in [0.2, 0.25) is 5.91 Å². The van der Waals surface area contributed by atoms with Crippen LogP contribution in [0.25, 0.3) is 0 Å². The Bertz CT molecular complexity index is 467. The van der Waals surface area contributed by atoms with Gasteiger partial charge in [0.05, 0.1) is 18.8 Å². The second-order valence-electron chi connectivity index (χ2n) is 5.92. The predicted octanol–water partition coefficient (Wildman–Crippen LogP) is 1.95. The molecule has 0 bridgehead atoms. The van der Waals surface area contributed by atoms with E-state index < -0.39 is 5.60 Å². The molecule has 0 unspecified atom stereocenters. The van der Waals surface area contributed by atoms with Crippen LogP contribution in [0.5, 0.6) is 0 Å². The maximum atomic E-state index is 12.0. The predicted molar refractivity (Wildman–Crippen MR) is 81.7 cm³/mol. The minimum atomic E-state index is -0.551. The second-order valence-corrected chi connectivity index (χ2v) is 7.02. The molecule has 3 nitrogen and oxygen atoms in total. The van der Waals surface area contributed by atoms with E-state index in [1.54, 1.807) is 16.7 Å². The zero-order valence-corrected chi connectivity index (χ0v) is 12.4. The van der Waals surface area contributed by atoms with E-state index in [1.165, 1.54) is 5.56 Å². The number of carbonyl (C=O) groups excluding carboxylic acids is 1. The Labute approximate surface area is 124 Å². The monoisotopic (exact) mass is 291 g/mol. The van der Waals surface area contributed by atoms with Crippen LogP contribution in [0, 0.1) is 5.92 Å². The molecule has 4 heteroatoms. The lowest BCUT2D eigenvalue weighted by Crippen LogP contribution is -2.65. The molecule has 1 amide bonds. The Hall–Kier alpha value is -1.00. The lowest BCUT2D eigenvalue weighted by Gasteiger charge is -2.47. The van der Waals surface area contributed by atoms with Gasteiger partial charge in [-0.15, -0.1) is 0 Å². The topological polar surface area (TPSA) is 40.5 Å². The van der Waals surface area contributed by atoms with Crippen LogP contribution in [0.15, 0.2) is 30.3 Å². The fourth-order valence-electron chi connectivity index (χ4n) is 2.76. The average Bonchev–Trinajstić information content (AvgIpc) is 3.26. The van der Waals surface area contributed by atoms with E-state index in [1.807, 2.05) is 18.2 Å². The van der Waals surface area contributed by atoms with E-state index in [2.05, 4.69) is 12.1 Å². The summed E-state index contributed by atoms with van der Waals surface area (Å²) in [5, 5.41) is 10.2. The van der Waals surface area contributed by atoms with E-state index in [-0.39, 0.29) is 5.91 Å². The molecule has 3 rings (SSSR count). The largest absolute Gasteiger partial charge is 0.386 e. The van der Waals surface area contributed by atoms with Crippen molar-refractivity contribution < 1.29 is 9.90 Å². The quantitative estimate of drug-likeness (QED) is 0.814. The van der Waals surface area contributed by atoms with Gasteiger partial charge in [-0.1, -0.05) is 30.3 Å². The number of hydrogen-bond donors (Lipinski definition) is 1. The molecule has 1 saturated heterocycles. The van der Waals surface area contributed by atoms with E-state index in [9.17, 15) is 9.90 Å². The molecule has 0 atom stereocenters. The molecule has 20 heavy (non-hydrogen) atoms. The Morgan fingerprint density at radius 3 is 2.65 bits per heavy atom. The molecular formula is C16H21NO2S. The molecule has 1 aromatic carbocycles. The van der Waals surface area contributed by atoms with Crippen LogP contribution in [0.2, 0.25) is 0 Å². The average molecular weight is 291 g/mol. The van der Waals surface area contributed by atoms with E-state index >= 15 is 0 Å². The number of nitrogens with zero attached hydrogens (tertiary/aromatic N) is 1. The maximum absolute atomic E-state index is 12.0. The second kappa shape index (κ2) is 5.78. The molecule has 2 aliphatic rings. The molecule has 1 aliphatic carbocycles. The first-order valence-electron chi connectivity index (χ1n) is 7.29. The van der Waals surface area contributed by atoms with Crippen LogP contribution in [-0.2, 0) is 11.2 Å². The number of amides is 1. The summed E-state index contributed by atoms with van der Waals surface area (Å²) < 4.78 is 0. The molecule has 0 radical (unpaired) electrons. The number of likely N-dealkylation sites (tertiary alicyclic amines) is 1. The van der Waals surface area contributed by atoms with E-state index in [0.29, 0.717) is 24.8 Å². The highest BCUT2D eigenvalue weighted by Crippen LogP contribution is 2.44. The molecule has 1 aliphatic heterocycles. The molecule has 108 valence electrons. The Kier molecular flexibility index (Phi) is 4.03. The van der Waals surface area contributed by atoms with E-state index in [0.717, 1.165) is 25.0 Å². The van der Waals surface area contributed by atoms with Crippen LogP contribution in [0.3, 0.4) is 0 Å². The number of aliphatic hydroxyl groups is 1. The first-order chi connectivity index (χ1) is 9.67. The normalized spacial score (nSPS) is 20.6. The number of hydrogen-bond acceptors (Lipinski definition) is 3. The molecule has 0 spiro atoms. The fourth-order valence-corrected chi connectivity index (χ4v) is 3.64. The molecule has 1 heterocycles. The SMILES string of the molecule is O=C(CSCCc1ccccc1)N1CC(O)(C2CC2)C1. The van der Waals surface area contributed by atoms with Crippen molar-refractivity contribution in [2.45, 2.75) is 24.9 Å². The third-order valence-electron chi connectivity index (χ3n) is 4.22. The van der Waals surface area contributed by atoms with Crippen LogP contribution >= 0.6 is 11.8 Å². The molecule has 1 saturated carbocycles. The maximum Gasteiger partial charge on any atom is 0.232 e. The summed E-state index contributed by atoms with van der Waals surface area (Å²) in [6, 6.07) is 10.3. The van der Waals surface area contributed by atoms with Gasteiger partial charge in [-0.3, -0.25) is 4.79 Å². The minimum absolute atomic E-state index is 0.174. The minimum Gasteiger partial charge on any atom is -0.386 e. The number of carbonyl (C=O) groups is 1. The Morgan fingerprint density at radius 2 is 2.00 bits per heavy atom. The number of aryl methyl sites for hydroxylation is 1. The highest BCUT2D eigenvalue weighted by Gasteiger charge is 2.52. The summed E-state index contributed by atoms with van der Waals surface area (Å²) in [6.45, 7) is 1.10. The van der Waals surface area contributed by atoms with Crippen molar-refractivity contribution in [3.63, 3.8) is 0 Å². The number of rotatable bonds is 6. The van der Waals surface area contributed by atoms with Gasteiger partial charge < -0.3 is 10.0 Å². The fraction of sp³-hybridized carbons (Fsp3) is 0.562. The Balaban J connectivity index is 1.32. The van der Waals surface area contributed by atoms with Crippen molar-refractivity contribution in [3.05, 3.63) is 35.9 Å². The molecule has 1 aromatic rings. The van der Waals surface area contributed by atoms with Gasteiger partial charge in [0.15, 0.2) is 0 Å². The van der Waals surface area contributed by atoms with Crippen LogP contribution in [-0.4, -0.2) is 46.1 Å². The van der Waals surface area contributed by atoms with Gasteiger partial charge in [0, 0.05) is 0 Å². The van der Waals surface area contributed by atoms with Crippen molar-refractivity contribution in [2.75, 3.05) is 24.6 Å². The van der Waals surface area contributed by atoms with Gasteiger partial charge in [-0.2, -0.15) is 11.8 Å². The lowest BCUT2D eigenvalue weighted by atomic mass is 9.89. The smallest absolute Gasteiger partial charge is 0.232 e. The first-order valence-corrected chi connectivity index (χ1v) is 8.45. The third-order valence-corrected chi connectivity index (χ3v) is 5.17. The van der Waals surface area contributed by atoms with Gasteiger partial charge in [-0.25, -0.2) is 0 Å². The van der Waals surface area contributed by atoms with Gasteiger partial charge in [0.25, 0.3) is 0 Å². The number of thioether (sulfide) groups is 1. The number of benzene rings is 1. The van der Waals surface area contributed by atoms with Crippen LogP contribution in [0.1, 0.15) is 18.4 Å². The number of β-amino-alcohol motifs (C(OH)–C–C–N with tert-alkyl or cyclic N) is 1. The van der Waals surface area contributed by atoms with Crippen LogP contribution in [0.4, 0.5) is 0 Å². The lowest BCUT2D eigenvalue weighted by molar-refractivity contribution is -0.156. The molecule has 2 fully saturated rings. The summed E-state index contributed by atoms with van der Waals surface area (Å²) >= 11 is 1.69. The van der Waals surface area contributed by atoms with Crippen molar-refractivity contribution >= 4 is 17.7 Å². The third kappa shape index (κ3) is 3.18. The van der Waals surface area contributed by atoms with Crippen molar-refractivity contribution in [3.8, 4) is 0 Å². The van der Waals surface area contributed by atoms with Crippen molar-refractivity contribution in [2.24, 2.45) is 5.92 Å². The summed E-state index contributed by atoms with van der Waals surface area (Å²) in [5.41, 5.74) is 0.768. The molecule has 1 N–H and O–H groups in total. The Morgan fingerprint density at radius 1 is 1.30 bits per heavy atom. The summed E-state index contributed by atoms with van der Waals surface area (Å²) in [6.07, 6.45) is 3.26. The van der Waals surface area contributed by atoms with Crippen LogP contribution < -0.4 is 0 Å². The first kappa shape index (κ1) is 14.0. The summed E-state index contributed by atoms with van der Waals surface area (Å²) in [4.78, 5) is 13.8. The zero-order chi connectivity index (χ0) is 14.0. The standard InChI is InChI=1S/C16H21NO2S/c18-15(17-11-16(19,12-17)14-6-7-14)10-20-9-8-13-4-2-1-3-5-13/h1-5,14,19H,6-12H2. The molecular weight excluding hydrogens is 270 g/mol.